The van der Waals surface area contributed by atoms with E-state index >= 15 is 0 Å². The summed E-state index contributed by atoms with van der Waals surface area (Å²) in [6.45, 7) is 3.90. The van der Waals surface area contributed by atoms with Crippen molar-refractivity contribution in [3.63, 3.8) is 0 Å². The van der Waals surface area contributed by atoms with Crippen molar-refractivity contribution in [3.8, 4) is 17.4 Å². The molecular weight excluding hydrogens is 404 g/mol. The summed E-state index contributed by atoms with van der Waals surface area (Å²) in [5.74, 6) is 1.57. The van der Waals surface area contributed by atoms with E-state index in [-0.39, 0.29) is 11.1 Å². The average molecular weight is 424 g/mol. The number of nitrogens with one attached hydrogen (secondary N) is 1. The maximum atomic E-state index is 12.5. The Hall–Kier alpha value is -3.66. The molecule has 9 nitrogen and oxygen atoms in total. The Morgan fingerprint density at radius 1 is 1.03 bits per heavy atom. The smallest absolute Gasteiger partial charge is 0.280 e. The Balaban J connectivity index is 1.46. The van der Waals surface area contributed by atoms with E-state index in [9.17, 15) is 8.42 Å². The van der Waals surface area contributed by atoms with Crippen molar-refractivity contribution in [2.75, 3.05) is 4.72 Å². The number of aromatic nitrogens is 5. The van der Waals surface area contributed by atoms with E-state index in [1.54, 1.807) is 34.9 Å². The number of rotatable bonds is 7. The molecule has 1 N–H and O–H groups in total. The molecule has 10 heteroatoms. The minimum Gasteiger partial charge on any atom is -0.439 e. The predicted molar refractivity (Wildman–Crippen MR) is 111 cm³/mol. The summed E-state index contributed by atoms with van der Waals surface area (Å²) >= 11 is 0. The lowest BCUT2D eigenvalue weighted by molar-refractivity contribution is 0.461. The summed E-state index contributed by atoms with van der Waals surface area (Å²) in [6, 6.07) is 12.2. The first kappa shape index (κ1) is 19.6. The van der Waals surface area contributed by atoms with Crippen LogP contribution >= 0.6 is 0 Å². The molecule has 0 radical (unpaired) electrons. The van der Waals surface area contributed by atoms with Gasteiger partial charge in [-0.25, -0.2) is 15.0 Å². The molecule has 154 valence electrons. The zero-order valence-corrected chi connectivity index (χ0v) is 17.2. The fraction of sp³-hybridized carbons (Fsp3) is 0.150. The molecule has 0 aliphatic carbocycles. The summed E-state index contributed by atoms with van der Waals surface area (Å²) in [6.07, 6.45) is 8.17. The first-order chi connectivity index (χ1) is 14.4. The molecule has 4 aromatic rings. The molecule has 3 aromatic heterocycles. The van der Waals surface area contributed by atoms with Gasteiger partial charge in [0.1, 0.15) is 17.9 Å². The summed E-state index contributed by atoms with van der Waals surface area (Å²) in [4.78, 5) is 12.3. The molecule has 0 bridgehead atoms. The van der Waals surface area contributed by atoms with Crippen LogP contribution < -0.4 is 9.46 Å². The highest BCUT2D eigenvalue weighted by atomic mass is 32.2. The quantitative estimate of drug-likeness (QED) is 0.486. The molecule has 0 saturated carbocycles. The van der Waals surface area contributed by atoms with Crippen molar-refractivity contribution in [2.45, 2.75) is 24.9 Å². The minimum absolute atomic E-state index is 0.0324. The molecule has 1 aromatic carbocycles. The highest BCUT2D eigenvalue weighted by molar-refractivity contribution is 7.92. The molecule has 0 atom stereocenters. The van der Waals surface area contributed by atoms with Crippen LogP contribution in [0.3, 0.4) is 0 Å². The van der Waals surface area contributed by atoms with E-state index < -0.39 is 10.0 Å². The van der Waals surface area contributed by atoms with Gasteiger partial charge in [-0.1, -0.05) is 0 Å². The molecule has 4 rings (SSSR count). The van der Waals surface area contributed by atoms with E-state index in [2.05, 4.69) is 19.7 Å². The zero-order valence-electron chi connectivity index (χ0n) is 16.4. The van der Waals surface area contributed by atoms with Gasteiger partial charge in [-0.2, -0.15) is 8.42 Å². The van der Waals surface area contributed by atoms with Crippen LogP contribution in [0.5, 0.6) is 11.6 Å². The lowest BCUT2D eigenvalue weighted by Crippen LogP contribution is -2.13. The van der Waals surface area contributed by atoms with E-state index in [1.807, 2.05) is 42.9 Å². The number of hydrogen-bond donors (Lipinski definition) is 1. The van der Waals surface area contributed by atoms with Gasteiger partial charge in [0, 0.05) is 36.4 Å². The second-order valence-electron chi connectivity index (χ2n) is 6.79. The monoisotopic (exact) mass is 424 g/mol. The minimum atomic E-state index is -3.77. The molecule has 0 unspecified atom stereocenters. The topological polar surface area (TPSA) is 104 Å². The standard InChI is InChI=1S/C20H20N6O3S/c1-15(2)26-12-20(23-14-26)30(27,28)24-16-5-7-17(8-6-16)29-19-11-18(21-13-22-19)25-9-3-4-10-25/h3-15,24H,1-2H3. The Kier molecular flexibility index (Phi) is 5.23. The average Bonchev–Trinajstić information content (AvgIpc) is 3.42. The van der Waals surface area contributed by atoms with E-state index in [0.717, 1.165) is 0 Å². The third-order valence-corrected chi connectivity index (χ3v) is 5.54. The first-order valence-electron chi connectivity index (χ1n) is 9.20. The Morgan fingerprint density at radius 3 is 2.43 bits per heavy atom. The van der Waals surface area contributed by atoms with Crippen LogP contribution in [-0.4, -0.2) is 32.5 Å². The largest absolute Gasteiger partial charge is 0.439 e. The second kappa shape index (κ2) is 7.99. The molecule has 3 heterocycles. The van der Waals surface area contributed by atoms with Crippen LogP contribution in [0.4, 0.5) is 5.69 Å². The summed E-state index contributed by atoms with van der Waals surface area (Å²) in [5, 5.41) is -0.0324. The Bertz CT molecular complexity index is 1230. The number of hydrogen-bond acceptors (Lipinski definition) is 6. The van der Waals surface area contributed by atoms with Crippen LogP contribution in [0.15, 0.2) is 78.7 Å². The highest BCUT2D eigenvalue weighted by Crippen LogP contribution is 2.24. The third-order valence-electron chi connectivity index (χ3n) is 4.27. The number of anilines is 1. The van der Waals surface area contributed by atoms with Crippen molar-refractivity contribution in [2.24, 2.45) is 0 Å². The summed E-state index contributed by atoms with van der Waals surface area (Å²) in [5.41, 5.74) is 0.400. The highest BCUT2D eigenvalue weighted by Gasteiger charge is 2.18. The lowest BCUT2D eigenvalue weighted by atomic mass is 10.3. The van der Waals surface area contributed by atoms with Crippen LogP contribution in [0.1, 0.15) is 19.9 Å². The van der Waals surface area contributed by atoms with Crippen molar-refractivity contribution in [1.82, 2.24) is 24.1 Å². The van der Waals surface area contributed by atoms with Gasteiger partial charge in [-0.15, -0.1) is 0 Å². The van der Waals surface area contributed by atoms with Crippen molar-refractivity contribution >= 4 is 15.7 Å². The third kappa shape index (κ3) is 4.33. The zero-order chi connectivity index (χ0) is 21.1. The van der Waals surface area contributed by atoms with Crippen molar-refractivity contribution < 1.29 is 13.2 Å². The van der Waals surface area contributed by atoms with Crippen LogP contribution in [0.2, 0.25) is 0 Å². The summed E-state index contributed by atoms with van der Waals surface area (Å²) < 4.78 is 36.9. The molecule has 0 aliphatic heterocycles. The van der Waals surface area contributed by atoms with Crippen LogP contribution in [-0.2, 0) is 10.0 Å². The maximum Gasteiger partial charge on any atom is 0.280 e. The van der Waals surface area contributed by atoms with Crippen LogP contribution in [0, 0.1) is 0 Å². The molecular formula is C20H20N6O3S. The van der Waals surface area contributed by atoms with Crippen LogP contribution in [0.25, 0.3) is 5.82 Å². The Morgan fingerprint density at radius 2 is 1.77 bits per heavy atom. The van der Waals surface area contributed by atoms with Gasteiger partial charge in [0.15, 0.2) is 5.03 Å². The van der Waals surface area contributed by atoms with Gasteiger partial charge in [0.05, 0.1) is 6.33 Å². The second-order valence-corrected chi connectivity index (χ2v) is 8.42. The predicted octanol–water partition coefficient (Wildman–Crippen LogP) is 3.64. The molecule has 30 heavy (non-hydrogen) atoms. The van der Waals surface area contributed by atoms with Gasteiger partial charge in [0.25, 0.3) is 10.0 Å². The fourth-order valence-electron chi connectivity index (χ4n) is 2.67. The van der Waals surface area contributed by atoms with Gasteiger partial charge in [-0.05, 0) is 50.2 Å². The van der Waals surface area contributed by atoms with Crippen molar-refractivity contribution in [3.05, 3.63) is 73.7 Å². The fourth-order valence-corrected chi connectivity index (χ4v) is 3.67. The van der Waals surface area contributed by atoms with Gasteiger partial charge in [-0.3, -0.25) is 4.72 Å². The van der Waals surface area contributed by atoms with Crippen molar-refractivity contribution in [1.29, 1.82) is 0 Å². The maximum absolute atomic E-state index is 12.5. The van der Waals surface area contributed by atoms with E-state index in [4.69, 9.17) is 4.74 Å². The van der Waals surface area contributed by atoms with E-state index in [1.165, 1.54) is 18.9 Å². The lowest BCUT2D eigenvalue weighted by Gasteiger charge is -2.09. The van der Waals surface area contributed by atoms with Gasteiger partial charge >= 0.3 is 0 Å². The number of ether oxygens (including phenoxy) is 1. The SMILES string of the molecule is CC(C)n1cnc(S(=O)(=O)Nc2ccc(Oc3cc(-n4cccc4)ncn3)cc2)c1. The molecule has 0 saturated heterocycles. The normalized spacial score (nSPS) is 11.6. The number of nitrogens with zero attached hydrogens (tertiary/aromatic N) is 5. The molecule has 0 aliphatic rings. The van der Waals surface area contributed by atoms with Gasteiger partial charge < -0.3 is 13.9 Å². The molecule has 0 fully saturated rings. The van der Waals surface area contributed by atoms with E-state index in [0.29, 0.717) is 23.1 Å². The first-order valence-corrected chi connectivity index (χ1v) is 10.7. The molecule has 0 spiro atoms. The Labute approximate surface area is 174 Å². The number of imidazole rings is 1. The summed E-state index contributed by atoms with van der Waals surface area (Å²) in [7, 11) is -3.77. The number of benzene rings is 1. The van der Waals surface area contributed by atoms with Gasteiger partial charge in [0.2, 0.25) is 5.88 Å². The number of sulfonamides is 1. The molecule has 0 amide bonds.